The first kappa shape index (κ1) is 19.0. The molecule has 134 valence electrons. The summed E-state index contributed by atoms with van der Waals surface area (Å²) in [4.78, 5) is 23.5. The molecule has 0 aromatic heterocycles. The standard InChI is InChI=1S/C21H27NO3/c1-2-3-6-15-25-21(24)14-8-13-20(23)22-16-18-11-7-10-17-9-4-5-12-19(17)18/h4-5,7,9-12H,2-3,6,8,13-16H2,1H3,(H,22,23). The minimum atomic E-state index is -0.210. The molecule has 0 aliphatic carbocycles. The molecular weight excluding hydrogens is 314 g/mol. The third kappa shape index (κ3) is 6.57. The van der Waals surface area contributed by atoms with Crippen LogP contribution < -0.4 is 5.32 Å². The van der Waals surface area contributed by atoms with Crippen molar-refractivity contribution in [3.63, 3.8) is 0 Å². The third-order valence-corrected chi connectivity index (χ3v) is 4.15. The molecule has 0 saturated carbocycles. The molecule has 4 nitrogen and oxygen atoms in total. The van der Waals surface area contributed by atoms with Gasteiger partial charge in [0, 0.05) is 19.4 Å². The topological polar surface area (TPSA) is 55.4 Å². The minimum Gasteiger partial charge on any atom is -0.466 e. The molecule has 0 aliphatic heterocycles. The van der Waals surface area contributed by atoms with Gasteiger partial charge in [0.05, 0.1) is 6.61 Å². The Balaban J connectivity index is 1.68. The van der Waals surface area contributed by atoms with E-state index >= 15 is 0 Å². The van der Waals surface area contributed by atoms with Crippen molar-refractivity contribution in [3.8, 4) is 0 Å². The molecule has 0 spiro atoms. The van der Waals surface area contributed by atoms with Gasteiger partial charge in [-0.1, -0.05) is 62.2 Å². The van der Waals surface area contributed by atoms with Crippen LogP contribution in [0.3, 0.4) is 0 Å². The van der Waals surface area contributed by atoms with Gasteiger partial charge in [-0.05, 0) is 29.2 Å². The van der Waals surface area contributed by atoms with Crippen LogP contribution in [0.4, 0.5) is 0 Å². The third-order valence-electron chi connectivity index (χ3n) is 4.15. The van der Waals surface area contributed by atoms with Crippen LogP contribution in [0, 0.1) is 0 Å². The molecule has 4 heteroatoms. The maximum absolute atomic E-state index is 12.0. The summed E-state index contributed by atoms with van der Waals surface area (Å²) in [5.74, 6) is -0.246. The number of hydrogen-bond donors (Lipinski definition) is 1. The number of nitrogens with one attached hydrogen (secondary N) is 1. The highest BCUT2D eigenvalue weighted by Gasteiger charge is 2.07. The Kier molecular flexibility index (Phi) is 7.96. The fourth-order valence-electron chi connectivity index (χ4n) is 2.73. The number of esters is 1. The first-order valence-corrected chi connectivity index (χ1v) is 9.09. The van der Waals surface area contributed by atoms with E-state index in [1.807, 2.05) is 24.3 Å². The second-order valence-electron chi connectivity index (χ2n) is 6.20. The highest BCUT2D eigenvalue weighted by Crippen LogP contribution is 2.18. The summed E-state index contributed by atoms with van der Waals surface area (Å²) in [5.41, 5.74) is 1.10. The Bertz CT molecular complexity index is 691. The summed E-state index contributed by atoms with van der Waals surface area (Å²) in [6.07, 6.45) is 4.25. The van der Waals surface area contributed by atoms with Gasteiger partial charge in [0.15, 0.2) is 0 Å². The zero-order valence-corrected chi connectivity index (χ0v) is 14.9. The van der Waals surface area contributed by atoms with Crippen molar-refractivity contribution in [2.45, 2.75) is 52.0 Å². The Morgan fingerprint density at radius 3 is 2.60 bits per heavy atom. The summed E-state index contributed by atoms with van der Waals surface area (Å²) in [5, 5.41) is 5.25. The minimum absolute atomic E-state index is 0.0354. The van der Waals surface area contributed by atoms with E-state index in [9.17, 15) is 9.59 Å². The molecule has 2 aromatic rings. The fourth-order valence-corrected chi connectivity index (χ4v) is 2.73. The molecule has 1 amide bonds. The number of ether oxygens (including phenoxy) is 1. The summed E-state index contributed by atoms with van der Waals surface area (Å²) in [7, 11) is 0. The van der Waals surface area contributed by atoms with Crippen LogP contribution in [-0.4, -0.2) is 18.5 Å². The average Bonchev–Trinajstić information content (AvgIpc) is 2.63. The largest absolute Gasteiger partial charge is 0.466 e. The molecule has 0 unspecified atom stereocenters. The number of amides is 1. The van der Waals surface area contributed by atoms with Crippen LogP contribution in [0.25, 0.3) is 10.8 Å². The van der Waals surface area contributed by atoms with Crippen LogP contribution in [0.2, 0.25) is 0 Å². The number of fused-ring (bicyclic) bond motifs is 1. The van der Waals surface area contributed by atoms with E-state index in [1.54, 1.807) is 0 Å². The van der Waals surface area contributed by atoms with Crippen molar-refractivity contribution in [2.75, 3.05) is 6.61 Å². The molecule has 2 aromatic carbocycles. The van der Waals surface area contributed by atoms with Crippen molar-refractivity contribution < 1.29 is 14.3 Å². The van der Waals surface area contributed by atoms with Crippen LogP contribution in [-0.2, 0) is 20.9 Å². The molecular formula is C21H27NO3. The zero-order valence-electron chi connectivity index (χ0n) is 14.9. The van der Waals surface area contributed by atoms with Gasteiger partial charge in [0.2, 0.25) is 5.91 Å². The summed E-state index contributed by atoms with van der Waals surface area (Å²) in [6, 6.07) is 14.2. The smallest absolute Gasteiger partial charge is 0.305 e. The molecule has 0 fully saturated rings. The number of rotatable bonds is 10. The SMILES string of the molecule is CCCCCOC(=O)CCCC(=O)NCc1cccc2ccccc12. The van der Waals surface area contributed by atoms with Crippen molar-refractivity contribution in [1.82, 2.24) is 5.32 Å². The first-order valence-electron chi connectivity index (χ1n) is 9.09. The van der Waals surface area contributed by atoms with Gasteiger partial charge in [0.1, 0.15) is 0 Å². The Hall–Kier alpha value is -2.36. The lowest BCUT2D eigenvalue weighted by Crippen LogP contribution is -2.22. The van der Waals surface area contributed by atoms with Crippen LogP contribution in [0.1, 0.15) is 51.0 Å². The summed E-state index contributed by atoms with van der Waals surface area (Å²) >= 11 is 0. The van der Waals surface area contributed by atoms with Crippen molar-refractivity contribution in [2.24, 2.45) is 0 Å². The summed E-state index contributed by atoms with van der Waals surface area (Å²) in [6.45, 7) is 3.10. The van der Waals surface area contributed by atoms with E-state index in [2.05, 4.69) is 30.4 Å². The van der Waals surface area contributed by atoms with Gasteiger partial charge in [-0.2, -0.15) is 0 Å². The number of hydrogen-bond acceptors (Lipinski definition) is 3. The zero-order chi connectivity index (χ0) is 17.9. The number of benzene rings is 2. The van der Waals surface area contributed by atoms with E-state index < -0.39 is 0 Å². The van der Waals surface area contributed by atoms with E-state index in [0.717, 1.165) is 30.2 Å². The van der Waals surface area contributed by atoms with Crippen LogP contribution in [0.15, 0.2) is 42.5 Å². The highest BCUT2D eigenvalue weighted by atomic mass is 16.5. The lowest BCUT2D eigenvalue weighted by Gasteiger charge is -2.08. The predicted octanol–water partition coefficient (Wildman–Crippen LogP) is 4.36. The molecule has 25 heavy (non-hydrogen) atoms. The quantitative estimate of drug-likeness (QED) is 0.516. The molecule has 0 bridgehead atoms. The Morgan fingerprint density at radius 1 is 0.960 bits per heavy atom. The monoisotopic (exact) mass is 341 g/mol. The lowest BCUT2D eigenvalue weighted by atomic mass is 10.0. The first-order chi connectivity index (χ1) is 12.2. The molecule has 0 atom stereocenters. The average molecular weight is 341 g/mol. The maximum Gasteiger partial charge on any atom is 0.305 e. The second-order valence-corrected chi connectivity index (χ2v) is 6.20. The van der Waals surface area contributed by atoms with E-state index in [-0.39, 0.29) is 11.9 Å². The van der Waals surface area contributed by atoms with Gasteiger partial charge in [-0.3, -0.25) is 9.59 Å². The van der Waals surface area contributed by atoms with Gasteiger partial charge >= 0.3 is 5.97 Å². The molecule has 0 saturated heterocycles. The number of carbonyl (C=O) groups excluding carboxylic acids is 2. The van der Waals surface area contributed by atoms with E-state index in [4.69, 9.17) is 4.74 Å². The Labute approximate surface area is 149 Å². The van der Waals surface area contributed by atoms with E-state index in [0.29, 0.717) is 32.4 Å². The fraction of sp³-hybridized carbons (Fsp3) is 0.429. The molecule has 2 rings (SSSR count). The van der Waals surface area contributed by atoms with E-state index in [1.165, 1.54) is 5.39 Å². The molecule has 0 radical (unpaired) electrons. The maximum atomic E-state index is 12.0. The number of carbonyl (C=O) groups is 2. The lowest BCUT2D eigenvalue weighted by molar-refractivity contribution is -0.143. The Morgan fingerprint density at radius 2 is 1.76 bits per heavy atom. The predicted molar refractivity (Wildman–Crippen MR) is 100 cm³/mol. The van der Waals surface area contributed by atoms with Crippen molar-refractivity contribution in [3.05, 3.63) is 48.0 Å². The number of unbranched alkanes of at least 4 members (excludes halogenated alkanes) is 2. The molecule has 0 heterocycles. The van der Waals surface area contributed by atoms with Gasteiger partial charge < -0.3 is 10.1 Å². The van der Waals surface area contributed by atoms with Crippen LogP contribution in [0.5, 0.6) is 0 Å². The highest BCUT2D eigenvalue weighted by molar-refractivity contribution is 5.86. The molecule has 0 aliphatic rings. The van der Waals surface area contributed by atoms with Crippen molar-refractivity contribution in [1.29, 1.82) is 0 Å². The van der Waals surface area contributed by atoms with Crippen LogP contribution >= 0.6 is 0 Å². The molecule has 1 N–H and O–H groups in total. The van der Waals surface area contributed by atoms with Crippen molar-refractivity contribution >= 4 is 22.6 Å². The van der Waals surface area contributed by atoms with Gasteiger partial charge in [-0.15, -0.1) is 0 Å². The van der Waals surface area contributed by atoms with Gasteiger partial charge in [0.25, 0.3) is 0 Å². The van der Waals surface area contributed by atoms with Gasteiger partial charge in [-0.25, -0.2) is 0 Å². The second kappa shape index (κ2) is 10.5. The normalized spacial score (nSPS) is 10.6. The summed E-state index contributed by atoms with van der Waals surface area (Å²) < 4.78 is 5.13.